The Morgan fingerprint density at radius 1 is 1.22 bits per heavy atom. The first-order chi connectivity index (χ1) is 12.6. The third-order valence-corrected chi connectivity index (χ3v) is 4.63. The van der Waals surface area contributed by atoms with E-state index in [2.05, 4.69) is 14.7 Å². The van der Waals surface area contributed by atoms with Crippen LogP contribution in [-0.4, -0.2) is 32.9 Å². The van der Waals surface area contributed by atoms with Gasteiger partial charge in [0.1, 0.15) is 5.92 Å². The molecule has 0 aliphatic heterocycles. The number of carbonyl (C=O) groups is 1. The molecule has 1 aromatic heterocycles. The molecule has 1 unspecified atom stereocenters. The van der Waals surface area contributed by atoms with Crippen molar-refractivity contribution in [3.63, 3.8) is 0 Å². The van der Waals surface area contributed by atoms with Crippen molar-refractivity contribution in [2.24, 2.45) is 5.92 Å². The second kappa shape index (κ2) is 6.00. The summed E-state index contributed by atoms with van der Waals surface area (Å²) in [5, 5.41) is 3.30. The van der Waals surface area contributed by atoms with Crippen LogP contribution in [0, 0.1) is 5.92 Å². The normalized spacial score (nSPS) is 21.1. The molecule has 0 N–H and O–H groups in total. The molecule has 0 spiro atoms. The number of amides is 1. The summed E-state index contributed by atoms with van der Waals surface area (Å²) in [5.74, 6) is -6.33. The number of alkyl halides is 5. The fourth-order valence-electron chi connectivity index (χ4n) is 2.87. The number of hydrogen-bond donors (Lipinski definition) is 0. The minimum Gasteiger partial charge on any atom is -0.335 e. The summed E-state index contributed by atoms with van der Waals surface area (Å²) in [6, 6.07) is 6.18. The summed E-state index contributed by atoms with van der Waals surface area (Å²) in [4.78, 5) is 17.1. The molecular formula is C17H14F5N3O2. The van der Waals surface area contributed by atoms with Crippen molar-refractivity contribution in [3.05, 3.63) is 35.7 Å². The highest BCUT2D eigenvalue weighted by Crippen LogP contribution is 2.50. The van der Waals surface area contributed by atoms with Gasteiger partial charge in [-0.05, 0) is 18.4 Å². The maximum Gasteiger partial charge on any atom is 0.471 e. The van der Waals surface area contributed by atoms with Gasteiger partial charge in [-0.15, -0.1) is 0 Å². The number of nitrogens with zero attached hydrogens (tertiary/aromatic N) is 3. The van der Waals surface area contributed by atoms with E-state index in [4.69, 9.17) is 0 Å². The molecule has 0 radical (unpaired) electrons. The number of carbonyl (C=O) groups excluding carboxylic acids is 1. The summed E-state index contributed by atoms with van der Waals surface area (Å²) >= 11 is 0. The molecule has 0 bridgehead atoms. The van der Waals surface area contributed by atoms with E-state index in [1.54, 1.807) is 12.1 Å². The number of rotatable bonds is 5. The van der Waals surface area contributed by atoms with Crippen LogP contribution in [0.25, 0.3) is 11.4 Å². The topological polar surface area (TPSA) is 59.2 Å². The lowest BCUT2D eigenvalue weighted by Crippen LogP contribution is -2.35. The summed E-state index contributed by atoms with van der Waals surface area (Å²) in [6.07, 6.45) is -3.56. The predicted octanol–water partition coefficient (Wildman–Crippen LogP) is 3.90. The van der Waals surface area contributed by atoms with Crippen LogP contribution in [0.1, 0.15) is 30.7 Å². The molecule has 1 atom stereocenters. The van der Waals surface area contributed by atoms with Crippen molar-refractivity contribution in [2.75, 3.05) is 0 Å². The molecule has 144 valence electrons. The van der Waals surface area contributed by atoms with Gasteiger partial charge in [-0.1, -0.05) is 29.4 Å². The van der Waals surface area contributed by atoms with E-state index in [0.717, 1.165) is 12.8 Å². The lowest BCUT2D eigenvalue weighted by Gasteiger charge is -2.22. The number of halogens is 5. The van der Waals surface area contributed by atoms with Gasteiger partial charge in [0.05, 0.1) is 0 Å². The van der Waals surface area contributed by atoms with Crippen molar-refractivity contribution in [2.45, 2.75) is 43.9 Å². The zero-order valence-electron chi connectivity index (χ0n) is 13.8. The lowest BCUT2D eigenvalue weighted by atomic mass is 10.1. The van der Waals surface area contributed by atoms with Crippen molar-refractivity contribution in [1.82, 2.24) is 15.0 Å². The molecule has 2 aliphatic rings. The molecule has 0 saturated heterocycles. The average molecular weight is 387 g/mol. The molecule has 10 heteroatoms. The Hall–Kier alpha value is -2.52. The van der Waals surface area contributed by atoms with E-state index in [1.807, 2.05) is 0 Å². The molecule has 2 aromatic rings. The van der Waals surface area contributed by atoms with Crippen molar-refractivity contribution < 1.29 is 31.3 Å². The minimum absolute atomic E-state index is 0.0277. The van der Waals surface area contributed by atoms with Crippen LogP contribution < -0.4 is 0 Å². The van der Waals surface area contributed by atoms with Crippen LogP contribution in [0.2, 0.25) is 0 Å². The largest absolute Gasteiger partial charge is 0.471 e. The summed E-state index contributed by atoms with van der Waals surface area (Å²) < 4.78 is 68.2. The van der Waals surface area contributed by atoms with Gasteiger partial charge in [-0.2, -0.15) is 18.2 Å². The Kier molecular flexibility index (Phi) is 3.97. The first-order valence-electron chi connectivity index (χ1n) is 8.34. The molecule has 1 aromatic carbocycles. The Morgan fingerprint density at radius 3 is 2.33 bits per heavy atom. The van der Waals surface area contributed by atoms with Gasteiger partial charge in [-0.25, -0.2) is 8.78 Å². The molecule has 1 heterocycles. The highest BCUT2D eigenvalue weighted by molar-refractivity contribution is 5.83. The molecule has 4 rings (SSSR count). The van der Waals surface area contributed by atoms with E-state index in [1.165, 1.54) is 17.0 Å². The zero-order chi connectivity index (χ0) is 19.4. The Bertz CT molecular complexity index is 858. The highest BCUT2D eigenvalue weighted by Gasteiger charge is 2.63. The molecule has 5 nitrogen and oxygen atoms in total. The Labute approximate surface area is 150 Å². The SMILES string of the molecule is O=C(C1CC1(F)F)N(Cc1ccc(-c2noc(C(F)(F)F)n2)cc1)C1CC1. The van der Waals surface area contributed by atoms with Gasteiger partial charge < -0.3 is 9.42 Å². The van der Waals surface area contributed by atoms with Crippen LogP contribution in [0.5, 0.6) is 0 Å². The summed E-state index contributed by atoms with van der Waals surface area (Å²) in [7, 11) is 0. The number of benzene rings is 1. The van der Waals surface area contributed by atoms with E-state index >= 15 is 0 Å². The first-order valence-corrected chi connectivity index (χ1v) is 8.34. The standard InChI is InChI=1S/C17H14F5N3O2/c18-16(19)7-12(16)14(26)25(11-5-6-11)8-9-1-3-10(4-2-9)13-23-15(27-24-13)17(20,21)22/h1-4,11-12H,5-8H2. The van der Waals surface area contributed by atoms with Gasteiger partial charge in [0.25, 0.3) is 5.92 Å². The number of aromatic nitrogens is 2. The van der Waals surface area contributed by atoms with Crippen molar-refractivity contribution in [3.8, 4) is 11.4 Å². The van der Waals surface area contributed by atoms with Gasteiger partial charge in [-0.3, -0.25) is 4.79 Å². The highest BCUT2D eigenvalue weighted by atomic mass is 19.4. The average Bonchev–Trinajstić information content (AvgIpc) is 3.48. The van der Waals surface area contributed by atoms with Gasteiger partial charge in [0, 0.05) is 24.6 Å². The van der Waals surface area contributed by atoms with E-state index in [9.17, 15) is 26.7 Å². The van der Waals surface area contributed by atoms with Crippen LogP contribution in [0.15, 0.2) is 28.8 Å². The second-order valence-electron chi connectivity index (χ2n) is 6.83. The first kappa shape index (κ1) is 17.9. The smallest absolute Gasteiger partial charge is 0.335 e. The quantitative estimate of drug-likeness (QED) is 0.730. The summed E-state index contributed by atoms with van der Waals surface area (Å²) in [5.41, 5.74) is 0.999. The fraction of sp³-hybridized carbons (Fsp3) is 0.471. The van der Waals surface area contributed by atoms with Crippen LogP contribution in [-0.2, 0) is 17.5 Å². The lowest BCUT2D eigenvalue weighted by molar-refractivity contribution is -0.159. The van der Waals surface area contributed by atoms with Gasteiger partial charge in [0.15, 0.2) is 0 Å². The van der Waals surface area contributed by atoms with E-state index in [-0.39, 0.29) is 18.4 Å². The minimum atomic E-state index is -4.72. The van der Waals surface area contributed by atoms with Crippen molar-refractivity contribution in [1.29, 1.82) is 0 Å². The molecule has 27 heavy (non-hydrogen) atoms. The van der Waals surface area contributed by atoms with Crippen molar-refractivity contribution >= 4 is 5.91 Å². The van der Waals surface area contributed by atoms with Gasteiger partial charge in [0.2, 0.25) is 11.7 Å². The molecule has 2 saturated carbocycles. The van der Waals surface area contributed by atoms with Gasteiger partial charge >= 0.3 is 12.1 Å². The molecule has 2 fully saturated rings. The Balaban J connectivity index is 1.47. The zero-order valence-corrected chi connectivity index (χ0v) is 13.8. The van der Waals surface area contributed by atoms with E-state index < -0.39 is 36.2 Å². The van der Waals surface area contributed by atoms with Crippen LogP contribution in [0.3, 0.4) is 0 Å². The predicted molar refractivity (Wildman–Crippen MR) is 81.4 cm³/mol. The number of hydrogen-bond acceptors (Lipinski definition) is 4. The fourth-order valence-corrected chi connectivity index (χ4v) is 2.87. The van der Waals surface area contributed by atoms with Crippen LogP contribution >= 0.6 is 0 Å². The Morgan fingerprint density at radius 2 is 1.85 bits per heavy atom. The van der Waals surface area contributed by atoms with E-state index in [0.29, 0.717) is 11.1 Å². The molecule has 2 aliphatic carbocycles. The van der Waals surface area contributed by atoms with Crippen LogP contribution in [0.4, 0.5) is 22.0 Å². The maximum atomic E-state index is 13.2. The third kappa shape index (κ3) is 3.65. The maximum absolute atomic E-state index is 13.2. The third-order valence-electron chi connectivity index (χ3n) is 4.63. The second-order valence-corrected chi connectivity index (χ2v) is 6.83. The molecular weight excluding hydrogens is 373 g/mol. The molecule has 1 amide bonds. The summed E-state index contributed by atoms with van der Waals surface area (Å²) in [6.45, 7) is 0.177. The monoisotopic (exact) mass is 387 g/mol.